The van der Waals surface area contributed by atoms with E-state index < -0.39 is 17.5 Å². The van der Waals surface area contributed by atoms with Crippen LogP contribution in [-0.4, -0.2) is 23.3 Å². The maximum atomic E-state index is 13.7. The molecule has 2 aromatic rings. The lowest BCUT2D eigenvalue weighted by Crippen LogP contribution is -2.48. The van der Waals surface area contributed by atoms with Crippen molar-refractivity contribution in [3.05, 3.63) is 46.5 Å². The zero-order chi connectivity index (χ0) is 21.6. The van der Waals surface area contributed by atoms with E-state index in [1.807, 2.05) is 0 Å². The Morgan fingerprint density at radius 1 is 1.10 bits per heavy atom. The largest absolute Gasteiger partial charge is 0.351 e. The van der Waals surface area contributed by atoms with Crippen molar-refractivity contribution in [3.8, 4) is 0 Å². The van der Waals surface area contributed by atoms with Crippen LogP contribution in [0.4, 0.5) is 13.9 Å². The Morgan fingerprint density at radius 3 is 2.42 bits per heavy atom. The molecule has 0 saturated heterocycles. The Hall–Kier alpha value is -2.35. The fraction of sp³-hybridized carbons (Fsp3) is 0.522. The van der Waals surface area contributed by atoms with Gasteiger partial charge in [0.2, 0.25) is 5.91 Å². The van der Waals surface area contributed by atoms with Crippen LogP contribution in [0.2, 0.25) is 0 Å². The Balaban J connectivity index is 1.14. The van der Waals surface area contributed by atoms with Crippen molar-refractivity contribution in [1.29, 1.82) is 0 Å². The van der Waals surface area contributed by atoms with Crippen LogP contribution in [0.25, 0.3) is 0 Å². The lowest BCUT2D eigenvalue weighted by molar-refractivity contribution is -0.116. The van der Waals surface area contributed by atoms with E-state index >= 15 is 0 Å². The number of nitrogens with one attached hydrogen (secondary N) is 2. The number of halogens is 2. The maximum absolute atomic E-state index is 13.7. The fourth-order valence-electron chi connectivity index (χ4n) is 6.24. The normalized spacial score (nSPS) is 28.5. The average molecular weight is 446 g/mol. The summed E-state index contributed by atoms with van der Waals surface area (Å²) in [5.74, 6) is -0.108. The zero-order valence-electron chi connectivity index (χ0n) is 17.1. The molecule has 6 rings (SSSR count). The summed E-state index contributed by atoms with van der Waals surface area (Å²) in [6.07, 6.45) is 7.84. The average Bonchev–Trinajstić information content (AvgIpc) is 3.16. The predicted molar refractivity (Wildman–Crippen MR) is 114 cm³/mol. The molecule has 0 spiro atoms. The smallest absolute Gasteiger partial charge is 0.254 e. The van der Waals surface area contributed by atoms with Crippen LogP contribution < -0.4 is 10.6 Å². The van der Waals surface area contributed by atoms with E-state index in [2.05, 4.69) is 16.0 Å². The first-order chi connectivity index (χ1) is 14.9. The number of hydrogen-bond acceptors (Lipinski definition) is 4. The summed E-state index contributed by atoms with van der Waals surface area (Å²) in [4.78, 5) is 29.1. The number of benzene rings is 1. The molecule has 1 aromatic heterocycles. The van der Waals surface area contributed by atoms with Gasteiger partial charge in [-0.05, 0) is 68.4 Å². The van der Waals surface area contributed by atoms with Gasteiger partial charge in [-0.2, -0.15) is 0 Å². The molecule has 0 aliphatic heterocycles. The molecule has 4 aliphatic rings. The molecule has 8 heteroatoms. The fourth-order valence-corrected chi connectivity index (χ4v) is 7.09. The Kier molecular flexibility index (Phi) is 5.28. The SMILES string of the molecule is O=C(CCNC(=O)c1ccc(F)cc1F)Nc1nc(C23CC4CC(CC(C4)C2)C3)cs1. The lowest BCUT2D eigenvalue weighted by Gasteiger charge is -2.56. The highest BCUT2D eigenvalue weighted by Gasteiger charge is 2.52. The Bertz CT molecular complexity index is 987. The minimum absolute atomic E-state index is 0.0425. The summed E-state index contributed by atoms with van der Waals surface area (Å²) in [7, 11) is 0. The van der Waals surface area contributed by atoms with Crippen molar-refractivity contribution in [2.45, 2.75) is 50.4 Å². The van der Waals surface area contributed by atoms with Crippen LogP contribution >= 0.6 is 11.3 Å². The monoisotopic (exact) mass is 445 g/mol. The quantitative estimate of drug-likeness (QED) is 0.680. The molecular formula is C23H25F2N3O2S. The van der Waals surface area contributed by atoms with Gasteiger partial charge in [0.1, 0.15) is 11.6 Å². The topological polar surface area (TPSA) is 71.1 Å². The highest BCUT2D eigenvalue weighted by molar-refractivity contribution is 7.13. The summed E-state index contributed by atoms with van der Waals surface area (Å²) in [5.41, 5.74) is 1.08. The molecule has 4 saturated carbocycles. The summed E-state index contributed by atoms with van der Waals surface area (Å²) < 4.78 is 26.6. The molecule has 0 unspecified atom stereocenters. The van der Waals surface area contributed by atoms with Gasteiger partial charge in [-0.1, -0.05) is 0 Å². The van der Waals surface area contributed by atoms with Crippen molar-refractivity contribution in [3.63, 3.8) is 0 Å². The number of rotatable bonds is 6. The van der Waals surface area contributed by atoms with Crippen LogP contribution in [0.5, 0.6) is 0 Å². The van der Waals surface area contributed by atoms with Crippen LogP contribution in [0.1, 0.15) is 61.0 Å². The van der Waals surface area contributed by atoms with E-state index in [9.17, 15) is 18.4 Å². The molecular weight excluding hydrogens is 420 g/mol. The van der Waals surface area contributed by atoms with Gasteiger partial charge >= 0.3 is 0 Å². The van der Waals surface area contributed by atoms with Crippen LogP contribution in [-0.2, 0) is 10.2 Å². The first-order valence-electron chi connectivity index (χ1n) is 10.9. The van der Waals surface area contributed by atoms with Crippen molar-refractivity contribution in [2.24, 2.45) is 17.8 Å². The molecule has 0 atom stereocenters. The van der Waals surface area contributed by atoms with Gasteiger partial charge in [-0.25, -0.2) is 13.8 Å². The summed E-state index contributed by atoms with van der Waals surface area (Å²) in [6, 6.07) is 2.77. The maximum Gasteiger partial charge on any atom is 0.254 e. The lowest BCUT2D eigenvalue weighted by atomic mass is 9.49. The third-order valence-corrected chi connectivity index (χ3v) is 7.90. The number of hydrogen-bond donors (Lipinski definition) is 2. The molecule has 4 fully saturated rings. The van der Waals surface area contributed by atoms with Gasteiger partial charge in [0.25, 0.3) is 5.91 Å². The van der Waals surface area contributed by atoms with Crippen LogP contribution in [0, 0.1) is 29.4 Å². The van der Waals surface area contributed by atoms with Gasteiger partial charge in [0.05, 0.1) is 11.3 Å². The van der Waals surface area contributed by atoms with Crippen molar-refractivity contribution in [2.75, 3.05) is 11.9 Å². The molecule has 5 nitrogen and oxygen atoms in total. The molecule has 164 valence electrons. The summed E-state index contributed by atoms with van der Waals surface area (Å²) in [6.45, 7) is 0.0503. The highest BCUT2D eigenvalue weighted by atomic mass is 32.1. The van der Waals surface area contributed by atoms with E-state index in [0.29, 0.717) is 11.2 Å². The number of thiazole rings is 1. The third-order valence-electron chi connectivity index (χ3n) is 7.15. The number of aromatic nitrogens is 1. The highest BCUT2D eigenvalue weighted by Crippen LogP contribution is 2.60. The Morgan fingerprint density at radius 2 is 1.77 bits per heavy atom. The first-order valence-corrected chi connectivity index (χ1v) is 11.8. The van der Waals surface area contributed by atoms with Gasteiger partial charge in [0, 0.05) is 29.8 Å². The Labute approximate surface area is 183 Å². The number of nitrogens with zero attached hydrogens (tertiary/aromatic N) is 1. The molecule has 1 aromatic carbocycles. The predicted octanol–water partition coefficient (Wildman–Crippen LogP) is 4.65. The van der Waals surface area contributed by atoms with E-state index in [1.54, 1.807) is 0 Å². The van der Waals surface area contributed by atoms with E-state index in [1.165, 1.54) is 49.9 Å². The van der Waals surface area contributed by atoms with Gasteiger partial charge in [-0.3, -0.25) is 9.59 Å². The second kappa shape index (κ2) is 7.97. The van der Waals surface area contributed by atoms with E-state index in [0.717, 1.165) is 35.6 Å². The molecule has 4 aliphatic carbocycles. The van der Waals surface area contributed by atoms with Crippen LogP contribution in [0.3, 0.4) is 0 Å². The second-order valence-electron chi connectivity index (χ2n) is 9.41. The summed E-state index contributed by atoms with van der Waals surface area (Å²) in [5, 5.41) is 8.00. The molecule has 2 N–H and O–H groups in total. The van der Waals surface area contributed by atoms with Gasteiger partial charge in [-0.15, -0.1) is 11.3 Å². The number of amides is 2. The van der Waals surface area contributed by atoms with Gasteiger partial charge < -0.3 is 10.6 Å². The minimum Gasteiger partial charge on any atom is -0.351 e. The van der Waals surface area contributed by atoms with Crippen molar-refractivity contribution < 1.29 is 18.4 Å². The zero-order valence-corrected chi connectivity index (χ0v) is 17.9. The summed E-state index contributed by atoms with van der Waals surface area (Å²) >= 11 is 1.45. The minimum atomic E-state index is -0.929. The van der Waals surface area contributed by atoms with E-state index in [4.69, 9.17) is 4.98 Å². The van der Waals surface area contributed by atoms with E-state index in [-0.39, 0.29) is 29.9 Å². The molecule has 31 heavy (non-hydrogen) atoms. The molecule has 4 bridgehead atoms. The first kappa shape index (κ1) is 20.5. The van der Waals surface area contributed by atoms with Gasteiger partial charge in [0.15, 0.2) is 5.13 Å². The second-order valence-corrected chi connectivity index (χ2v) is 10.3. The number of anilines is 1. The van der Waals surface area contributed by atoms with Crippen molar-refractivity contribution in [1.82, 2.24) is 10.3 Å². The number of carbonyl (C=O) groups excluding carboxylic acids is 2. The number of carbonyl (C=O) groups is 2. The standard InChI is InChI=1S/C23H25F2N3O2S/c24-16-1-2-17(18(25)8-16)21(30)26-4-3-20(29)28-22-27-19(12-31-22)23-9-13-5-14(10-23)7-15(6-13)11-23/h1-2,8,12-15H,3-7,9-11H2,(H,26,30)(H,27,28,29). The van der Waals surface area contributed by atoms with Crippen LogP contribution in [0.15, 0.2) is 23.6 Å². The molecule has 1 heterocycles. The molecule has 0 radical (unpaired) electrons. The van der Waals surface area contributed by atoms with Crippen molar-refractivity contribution >= 4 is 28.3 Å². The third kappa shape index (κ3) is 4.10. The molecule has 2 amide bonds.